The van der Waals surface area contributed by atoms with Gasteiger partial charge in [-0.1, -0.05) is 60.1 Å². The van der Waals surface area contributed by atoms with Crippen LogP contribution < -0.4 is 4.72 Å². The van der Waals surface area contributed by atoms with Crippen LogP contribution in [0.2, 0.25) is 5.02 Å². The second-order valence-electron chi connectivity index (χ2n) is 7.54. The van der Waals surface area contributed by atoms with E-state index in [0.29, 0.717) is 5.02 Å². The van der Waals surface area contributed by atoms with E-state index in [1.165, 1.54) is 24.3 Å². The summed E-state index contributed by atoms with van der Waals surface area (Å²) in [4.78, 5) is 6.10. The molecule has 0 spiro atoms. The third-order valence-corrected chi connectivity index (χ3v) is 9.28. The maximum atomic E-state index is 13.4. The standard InChI is InChI=1S/C23H23ClN2O5S2/c24-19-11-13-21(14-12-19)33(29,30)25-15-16-26-23(18-7-3-1-4-8-18)22(17-31-26)32(27,28)20-9-5-2-6-10-20/h1-14,22-23,25H,15-17H2/t22-,23+/m1/s1. The molecule has 174 valence electrons. The Kier molecular flexibility index (Phi) is 7.18. The van der Waals surface area contributed by atoms with Crippen molar-refractivity contribution in [1.82, 2.24) is 9.79 Å². The van der Waals surface area contributed by atoms with Crippen LogP contribution in [-0.4, -0.2) is 46.8 Å². The van der Waals surface area contributed by atoms with Gasteiger partial charge in [0.25, 0.3) is 0 Å². The van der Waals surface area contributed by atoms with Crippen LogP contribution in [0.4, 0.5) is 0 Å². The third-order valence-electron chi connectivity index (χ3n) is 5.43. The maximum Gasteiger partial charge on any atom is 0.240 e. The molecule has 0 aliphatic carbocycles. The predicted molar refractivity (Wildman–Crippen MR) is 126 cm³/mol. The largest absolute Gasteiger partial charge is 0.297 e. The van der Waals surface area contributed by atoms with Crippen molar-refractivity contribution >= 4 is 31.5 Å². The van der Waals surface area contributed by atoms with Crippen LogP contribution in [0.15, 0.2) is 94.7 Å². The lowest BCUT2D eigenvalue weighted by Gasteiger charge is -2.26. The Hall–Kier alpha value is -2.27. The fraction of sp³-hybridized carbons (Fsp3) is 0.217. The topological polar surface area (TPSA) is 92.8 Å². The van der Waals surface area contributed by atoms with Crippen LogP contribution in [0, 0.1) is 0 Å². The van der Waals surface area contributed by atoms with E-state index in [9.17, 15) is 16.8 Å². The summed E-state index contributed by atoms with van der Waals surface area (Å²) in [6.45, 7) is 0.167. The summed E-state index contributed by atoms with van der Waals surface area (Å²) < 4.78 is 54.4. The lowest BCUT2D eigenvalue weighted by molar-refractivity contribution is -0.131. The second-order valence-corrected chi connectivity index (χ2v) is 11.9. The monoisotopic (exact) mass is 506 g/mol. The maximum absolute atomic E-state index is 13.4. The number of hydroxylamine groups is 2. The van der Waals surface area contributed by atoms with Crippen LogP contribution >= 0.6 is 11.6 Å². The molecule has 1 saturated heterocycles. The molecule has 3 aromatic carbocycles. The Labute approximate surface area is 198 Å². The zero-order chi connectivity index (χ0) is 23.5. The minimum Gasteiger partial charge on any atom is -0.297 e. The Morgan fingerprint density at radius 3 is 2.09 bits per heavy atom. The predicted octanol–water partition coefficient (Wildman–Crippen LogP) is 3.45. The van der Waals surface area contributed by atoms with Gasteiger partial charge >= 0.3 is 0 Å². The quantitative estimate of drug-likeness (QED) is 0.503. The van der Waals surface area contributed by atoms with Gasteiger partial charge in [0.2, 0.25) is 10.0 Å². The van der Waals surface area contributed by atoms with E-state index in [0.717, 1.165) is 5.56 Å². The van der Waals surface area contributed by atoms with Crippen molar-refractivity contribution in [3.63, 3.8) is 0 Å². The average molecular weight is 507 g/mol. The van der Waals surface area contributed by atoms with Crippen molar-refractivity contribution in [2.75, 3.05) is 19.7 Å². The Bertz CT molecular complexity index is 1290. The molecule has 1 aliphatic heterocycles. The molecule has 1 N–H and O–H groups in total. The summed E-state index contributed by atoms with van der Waals surface area (Å²) in [6.07, 6.45) is 0. The number of sulfone groups is 1. The molecule has 0 radical (unpaired) electrons. The molecular formula is C23H23ClN2O5S2. The highest BCUT2D eigenvalue weighted by molar-refractivity contribution is 7.92. The van der Waals surface area contributed by atoms with Gasteiger partial charge in [0.1, 0.15) is 5.25 Å². The molecule has 0 saturated carbocycles. The van der Waals surface area contributed by atoms with Gasteiger partial charge in [-0.05, 0) is 42.0 Å². The number of nitrogens with zero attached hydrogens (tertiary/aromatic N) is 1. The first-order chi connectivity index (χ1) is 15.8. The molecule has 0 bridgehead atoms. The molecule has 1 heterocycles. The highest BCUT2D eigenvalue weighted by Crippen LogP contribution is 2.37. The molecule has 10 heteroatoms. The molecule has 33 heavy (non-hydrogen) atoms. The Morgan fingerprint density at radius 1 is 0.848 bits per heavy atom. The lowest BCUT2D eigenvalue weighted by atomic mass is 10.0. The molecular weight excluding hydrogens is 484 g/mol. The normalized spacial score (nSPS) is 19.5. The number of rotatable bonds is 8. The van der Waals surface area contributed by atoms with Crippen molar-refractivity contribution in [2.45, 2.75) is 21.1 Å². The molecule has 7 nitrogen and oxygen atoms in total. The van der Waals surface area contributed by atoms with Crippen molar-refractivity contribution < 1.29 is 21.7 Å². The van der Waals surface area contributed by atoms with Gasteiger partial charge in [0.15, 0.2) is 9.84 Å². The fourth-order valence-corrected chi connectivity index (χ4v) is 6.70. The molecule has 2 atom stereocenters. The van der Waals surface area contributed by atoms with E-state index >= 15 is 0 Å². The first-order valence-electron chi connectivity index (χ1n) is 10.3. The first kappa shape index (κ1) is 23.9. The zero-order valence-electron chi connectivity index (χ0n) is 17.5. The first-order valence-corrected chi connectivity index (χ1v) is 13.7. The van der Waals surface area contributed by atoms with E-state index in [1.54, 1.807) is 35.4 Å². The fourth-order valence-electron chi connectivity index (χ4n) is 3.79. The van der Waals surface area contributed by atoms with Gasteiger partial charge in [-0.3, -0.25) is 4.84 Å². The summed E-state index contributed by atoms with van der Waals surface area (Å²) >= 11 is 5.83. The van der Waals surface area contributed by atoms with Crippen molar-refractivity contribution in [3.8, 4) is 0 Å². The smallest absolute Gasteiger partial charge is 0.240 e. The van der Waals surface area contributed by atoms with E-state index in [2.05, 4.69) is 4.72 Å². The highest BCUT2D eigenvalue weighted by atomic mass is 35.5. The number of sulfonamides is 1. The number of hydrogen-bond acceptors (Lipinski definition) is 6. The van der Waals surface area contributed by atoms with Crippen LogP contribution in [-0.2, 0) is 24.7 Å². The summed E-state index contributed by atoms with van der Waals surface area (Å²) in [5.41, 5.74) is 0.778. The van der Waals surface area contributed by atoms with E-state index in [4.69, 9.17) is 16.4 Å². The van der Waals surface area contributed by atoms with E-state index in [-0.39, 0.29) is 29.5 Å². The molecule has 4 rings (SSSR count). The number of hydrogen-bond donors (Lipinski definition) is 1. The minimum atomic E-state index is -3.74. The van der Waals surface area contributed by atoms with Gasteiger partial charge < -0.3 is 0 Å². The third kappa shape index (κ3) is 5.29. The van der Waals surface area contributed by atoms with Gasteiger partial charge in [0.05, 0.1) is 22.4 Å². The van der Waals surface area contributed by atoms with Gasteiger partial charge in [0, 0.05) is 18.1 Å². The highest BCUT2D eigenvalue weighted by Gasteiger charge is 2.45. The van der Waals surface area contributed by atoms with Crippen LogP contribution in [0.1, 0.15) is 11.6 Å². The Balaban J connectivity index is 1.53. The Morgan fingerprint density at radius 2 is 1.45 bits per heavy atom. The average Bonchev–Trinajstić information content (AvgIpc) is 3.25. The minimum absolute atomic E-state index is 0.0271. The van der Waals surface area contributed by atoms with Crippen LogP contribution in [0.5, 0.6) is 0 Å². The molecule has 3 aromatic rings. The molecule has 1 fully saturated rings. The molecule has 1 aliphatic rings. The number of nitrogens with one attached hydrogen (secondary N) is 1. The SMILES string of the molecule is O=S(=O)(NCCN1OC[C@@H](S(=O)(=O)c2ccccc2)[C@@H]1c1ccccc1)c1ccc(Cl)cc1. The summed E-state index contributed by atoms with van der Waals surface area (Å²) in [5, 5.41) is 1.15. The van der Waals surface area contributed by atoms with Gasteiger partial charge in [-0.2, -0.15) is 5.06 Å². The number of benzene rings is 3. The lowest BCUT2D eigenvalue weighted by Crippen LogP contribution is -2.37. The summed E-state index contributed by atoms with van der Waals surface area (Å²) in [5.74, 6) is 0. The number of halogens is 1. The van der Waals surface area contributed by atoms with Crippen molar-refractivity contribution in [1.29, 1.82) is 0 Å². The van der Waals surface area contributed by atoms with Crippen LogP contribution in [0.3, 0.4) is 0 Å². The molecule has 0 unspecified atom stereocenters. The summed E-state index contributed by atoms with van der Waals surface area (Å²) in [6, 6.07) is 22.7. The van der Waals surface area contributed by atoms with E-state index < -0.39 is 31.2 Å². The van der Waals surface area contributed by atoms with Crippen molar-refractivity contribution in [3.05, 3.63) is 95.5 Å². The molecule has 0 amide bonds. The molecule has 0 aromatic heterocycles. The second kappa shape index (κ2) is 9.92. The zero-order valence-corrected chi connectivity index (χ0v) is 19.9. The van der Waals surface area contributed by atoms with E-state index in [1.807, 2.05) is 30.3 Å². The summed E-state index contributed by atoms with van der Waals surface area (Å²) in [7, 11) is -7.43. The van der Waals surface area contributed by atoms with Gasteiger partial charge in [-0.15, -0.1) is 0 Å². The van der Waals surface area contributed by atoms with Gasteiger partial charge in [-0.25, -0.2) is 21.6 Å². The van der Waals surface area contributed by atoms with Crippen LogP contribution in [0.25, 0.3) is 0 Å². The van der Waals surface area contributed by atoms with Crippen molar-refractivity contribution in [2.24, 2.45) is 0 Å².